The van der Waals surface area contributed by atoms with E-state index in [0.717, 1.165) is 18.2 Å². The Balaban J connectivity index is 0.000000621. The second-order valence-electron chi connectivity index (χ2n) is 9.38. The molecule has 1 aromatic carbocycles. The number of ether oxygens (including phenoxy) is 1. The highest BCUT2D eigenvalue weighted by Crippen LogP contribution is 2.14. The van der Waals surface area contributed by atoms with Crippen molar-refractivity contribution < 1.29 is 14.6 Å². The van der Waals surface area contributed by atoms with Crippen molar-refractivity contribution in [3.63, 3.8) is 0 Å². The maximum Gasteiger partial charge on any atom is 0.335 e. The summed E-state index contributed by atoms with van der Waals surface area (Å²) in [4.78, 5) is 13.0. The van der Waals surface area contributed by atoms with Crippen LogP contribution in [0.5, 0.6) is 5.75 Å². The third kappa shape index (κ3) is 18.6. The molecule has 0 saturated carbocycles. The predicted molar refractivity (Wildman–Crippen MR) is 143 cm³/mol. The van der Waals surface area contributed by atoms with E-state index in [2.05, 4.69) is 39.8 Å². The number of unbranched alkanes of at least 4 members (excludes halogenated alkanes) is 11. The van der Waals surface area contributed by atoms with Crippen LogP contribution in [0.3, 0.4) is 0 Å². The van der Waals surface area contributed by atoms with Crippen LogP contribution in [-0.4, -0.2) is 42.7 Å². The summed E-state index contributed by atoms with van der Waals surface area (Å²) in [5.74, 6) is -0.170. The Morgan fingerprint density at radius 1 is 0.788 bits per heavy atom. The Morgan fingerprint density at radius 2 is 1.27 bits per heavy atom. The number of hydrogen-bond donors (Lipinski definition) is 1. The molecule has 1 aromatic rings. The van der Waals surface area contributed by atoms with Crippen molar-refractivity contribution in [1.82, 2.24) is 4.90 Å². The Bertz CT molecular complexity index is 556. The van der Waals surface area contributed by atoms with Crippen LogP contribution in [0.4, 0.5) is 0 Å². The van der Waals surface area contributed by atoms with Gasteiger partial charge in [-0.15, -0.1) is 0 Å². The molecule has 4 nitrogen and oxygen atoms in total. The number of carboxylic acids is 1. The highest BCUT2D eigenvalue weighted by molar-refractivity contribution is 5.87. The summed E-state index contributed by atoms with van der Waals surface area (Å²) in [6, 6.07) is 7.32. The number of carboxylic acid groups (broad SMARTS) is 1. The molecule has 1 N–H and O–H groups in total. The van der Waals surface area contributed by atoms with E-state index in [4.69, 9.17) is 9.84 Å². The smallest absolute Gasteiger partial charge is 0.335 e. The first-order chi connectivity index (χ1) is 16.0. The molecule has 33 heavy (non-hydrogen) atoms. The van der Waals surface area contributed by atoms with Crippen LogP contribution in [0.25, 0.3) is 0 Å². The van der Waals surface area contributed by atoms with E-state index in [1.54, 1.807) is 24.3 Å². The molecule has 1 unspecified atom stereocenters. The second kappa shape index (κ2) is 22.3. The van der Waals surface area contributed by atoms with Crippen molar-refractivity contribution in [2.45, 2.75) is 123 Å². The van der Waals surface area contributed by atoms with E-state index in [0.29, 0.717) is 12.2 Å². The molecule has 0 heterocycles. The van der Waals surface area contributed by atoms with Gasteiger partial charge >= 0.3 is 5.97 Å². The van der Waals surface area contributed by atoms with E-state index >= 15 is 0 Å². The van der Waals surface area contributed by atoms with E-state index in [1.807, 2.05) is 0 Å². The molecule has 0 radical (unpaired) electrons. The Morgan fingerprint density at radius 3 is 1.73 bits per heavy atom. The molecule has 4 heteroatoms. The number of benzene rings is 1. The third-order valence-electron chi connectivity index (χ3n) is 6.21. The van der Waals surface area contributed by atoms with Gasteiger partial charge in [0.25, 0.3) is 0 Å². The number of rotatable bonds is 19. The zero-order valence-corrected chi connectivity index (χ0v) is 22.4. The molecule has 0 spiro atoms. The first-order valence-corrected chi connectivity index (χ1v) is 13.6. The standard InChI is InChI=1S/C16H35N.C13H18O3/c1-5-7-8-9-10-11-12-13-14-15-16(6-2)17(3)4;1-2-3-4-5-10-16-12-8-6-11(7-9-12)13(14)15/h16H,5-15H2,1-4H3;6-9H,2-5,10H2,1H3,(H,14,15). The summed E-state index contributed by atoms with van der Waals surface area (Å²) in [5.41, 5.74) is 0.290. The van der Waals surface area contributed by atoms with Gasteiger partial charge < -0.3 is 14.7 Å². The van der Waals surface area contributed by atoms with E-state index < -0.39 is 5.97 Å². The molecule has 192 valence electrons. The average molecular weight is 464 g/mol. The number of nitrogens with zero attached hydrogens (tertiary/aromatic N) is 1. The van der Waals surface area contributed by atoms with Gasteiger partial charge in [-0.25, -0.2) is 4.79 Å². The van der Waals surface area contributed by atoms with Crippen LogP contribution in [0.15, 0.2) is 24.3 Å². The van der Waals surface area contributed by atoms with Crippen molar-refractivity contribution in [2.24, 2.45) is 0 Å². The quantitative estimate of drug-likeness (QED) is 0.209. The Hall–Kier alpha value is -1.55. The highest BCUT2D eigenvalue weighted by Gasteiger charge is 2.07. The minimum absolute atomic E-state index is 0.290. The number of aromatic carboxylic acids is 1. The minimum Gasteiger partial charge on any atom is -0.494 e. The molecule has 0 aliphatic heterocycles. The molecular formula is C29H53NO3. The zero-order valence-electron chi connectivity index (χ0n) is 22.4. The van der Waals surface area contributed by atoms with Crippen LogP contribution in [0, 0.1) is 0 Å². The van der Waals surface area contributed by atoms with Gasteiger partial charge in [-0.05, 0) is 57.6 Å². The minimum atomic E-state index is -0.908. The molecule has 0 amide bonds. The van der Waals surface area contributed by atoms with Crippen LogP contribution in [0.1, 0.15) is 127 Å². The van der Waals surface area contributed by atoms with Crippen molar-refractivity contribution in [1.29, 1.82) is 0 Å². The van der Waals surface area contributed by atoms with E-state index in [1.165, 1.54) is 89.9 Å². The summed E-state index contributed by atoms with van der Waals surface area (Å²) < 4.78 is 5.49. The van der Waals surface area contributed by atoms with Gasteiger partial charge in [-0.1, -0.05) is 97.8 Å². The summed E-state index contributed by atoms with van der Waals surface area (Å²) in [5, 5.41) is 8.71. The van der Waals surface area contributed by atoms with Gasteiger partial charge in [0.15, 0.2) is 0 Å². The van der Waals surface area contributed by atoms with Crippen molar-refractivity contribution >= 4 is 5.97 Å². The topological polar surface area (TPSA) is 49.8 Å². The Labute approximate surface area is 205 Å². The lowest BCUT2D eigenvalue weighted by Crippen LogP contribution is -2.26. The van der Waals surface area contributed by atoms with Crippen molar-refractivity contribution in [3.05, 3.63) is 29.8 Å². The lowest BCUT2D eigenvalue weighted by atomic mass is 10.0. The van der Waals surface area contributed by atoms with Gasteiger partial charge in [-0.3, -0.25) is 0 Å². The fourth-order valence-electron chi connectivity index (χ4n) is 3.93. The largest absolute Gasteiger partial charge is 0.494 e. The van der Waals surface area contributed by atoms with Crippen molar-refractivity contribution in [2.75, 3.05) is 20.7 Å². The Kier molecular flexibility index (Phi) is 21.2. The summed E-state index contributed by atoms with van der Waals surface area (Å²) >= 11 is 0. The SMILES string of the molecule is CCCCCCCCCCCC(CC)N(C)C.CCCCCCOc1ccc(C(=O)O)cc1. The lowest BCUT2D eigenvalue weighted by molar-refractivity contribution is 0.0697. The molecule has 0 fully saturated rings. The summed E-state index contributed by atoms with van der Waals surface area (Å²) in [6.07, 6.45) is 20.3. The van der Waals surface area contributed by atoms with Gasteiger partial charge in [0.05, 0.1) is 12.2 Å². The monoisotopic (exact) mass is 463 g/mol. The summed E-state index contributed by atoms with van der Waals surface area (Å²) in [6.45, 7) is 7.46. The van der Waals surface area contributed by atoms with Crippen LogP contribution >= 0.6 is 0 Å². The third-order valence-corrected chi connectivity index (χ3v) is 6.21. The fourth-order valence-corrected chi connectivity index (χ4v) is 3.93. The van der Waals surface area contributed by atoms with E-state index in [9.17, 15) is 4.79 Å². The molecule has 0 saturated heterocycles. The normalized spacial score (nSPS) is 11.7. The first kappa shape index (κ1) is 31.4. The maximum atomic E-state index is 10.6. The van der Waals surface area contributed by atoms with Gasteiger partial charge in [-0.2, -0.15) is 0 Å². The van der Waals surface area contributed by atoms with Crippen molar-refractivity contribution in [3.8, 4) is 5.75 Å². The molecule has 1 atom stereocenters. The van der Waals surface area contributed by atoms with Gasteiger partial charge in [0.2, 0.25) is 0 Å². The molecule has 0 aliphatic rings. The molecular weight excluding hydrogens is 410 g/mol. The van der Waals surface area contributed by atoms with E-state index in [-0.39, 0.29) is 0 Å². The lowest BCUT2D eigenvalue weighted by Gasteiger charge is -2.22. The first-order valence-electron chi connectivity index (χ1n) is 13.6. The number of hydrogen-bond acceptors (Lipinski definition) is 3. The second-order valence-corrected chi connectivity index (χ2v) is 9.38. The van der Waals surface area contributed by atoms with Crippen LogP contribution in [-0.2, 0) is 0 Å². The fraction of sp³-hybridized carbons (Fsp3) is 0.759. The average Bonchev–Trinajstić information content (AvgIpc) is 2.81. The van der Waals surface area contributed by atoms with Crippen LogP contribution in [0.2, 0.25) is 0 Å². The predicted octanol–water partition coefficient (Wildman–Crippen LogP) is 8.59. The molecule has 1 rings (SSSR count). The highest BCUT2D eigenvalue weighted by atomic mass is 16.5. The summed E-state index contributed by atoms with van der Waals surface area (Å²) in [7, 11) is 4.42. The zero-order chi connectivity index (χ0) is 24.7. The van der Waals surface area contributed by atoms with Gasteiger partial charge in [0, 0.05) is 6.04 Å². The van der Waals surface area contributed by atoms with Gasteiger partial charge in [0.1, 0.15) is 5.75 Å². The maximum absolute atomic E-state index is 10.6. The molecule has 0 aromatic heterocycles. The number of carbonyl (C=O) groups is 1. The van der Waals surface area contributed by atoms with Crippen LogP contribution < -0.4 is 4.74 Å². The molecule has 0 aliphatic carbocycles. The molecule has 0 bridgehead atoms.